The molecule has 1 unspecified atom stereocenters. The standard InChI is InChI=1S/C19H20N2O4S/c1-12(22)21-9-7-13-5-3-4-6-14(13)16(21)11-17(23)20-15-8-10-26-18(15)19(24)25-2/h3-6,8,10,16H,7,9,11H2,1-2H3,(H,20,23). The van der Waals surface area contributed by atoms with E-state index < -0.39 is 5.97 Å². The summed E-state index contributed by atoms with van der Waals surface area (Å²) in [5.74, 6) is -0.784. The highest BCUT2D eigenvalue weighted by Crippen LogP contribution is 2.33. The van der Waals surface area contributed by atoms with Gasteiger partial charge in [-0.3, -0.25) is 9.59 Å². The van der Waals surface area contributed by atoms with Crippen LogP contribution in [-0.4, -0.2) is 36.3 Å². The minimum atomic E-state index is -0.483. The number of ether oxygens (including phenoxy) is 1. The molecule has 7 heteroatoms. The maximum atomic E-state index is 12.6. The van der Waals surface area contributed by atoms with Crippen molar-refractivity contribution >= 4 is 34.8 Å². The summed E-state index contributed by atoms with van der Waals surface area (Å²) >= 11 is 1.21. The molecule has 0 saturated heterocycles. The number of carbonyl (C=O) groups excluding carboxylic acids is 3. The molecule has 0 radical (unpaired) electrons. The van der Waals surface area contributed by atoms with Gasteiger partial charge in [0.15, 0.2) is 0 Å². The number of thiophene rings is 1. The average Bonchev–Trinajstić information content (AvgIpc) is 3.09. The first-order valence-corrected chi connectivity index (χ1v) is 9.20. The van der Waals surface area contributed by atoms with Crippen LogP contribution in [0.5, 0.6) is 0 Å². The number of carbonyl (C=O) groups is 3. The van der Waals surface area contributed by atoms with E-state index in [0.29, 0.717) is 17.1 Å². The van der Waals surface area contributed by atoms with Crippen LogP contribution in [0, 0.1) is 0 Å². The van der Waals surface area contributed by atoms with Crippen molar-refractivity contribution < 1.29 is 19.1 Å². The molecule has 1 aliphatic rings. The lowest BCUT2D eigenvalue weighted by molar-refractivity contribution is -0.132. The minimum Gasteiger partial charge on any atom is -0.465 e. The molecule has 136 valence electrons. The molecule has 3 rings (SSSR count). The van der Waals surface area contributed by atoms with Gasteiger partial charge >= 0.3 is 5.97 Å². The lowest BCUT2D eigenvalue weighted by atomic mass is 9.90. The summed E-state index contributed by atoms with van der Waals surface area (Å²) in [6, 6.07) is 9.25. The number of hydrogen-bond acceptors (Lipinski definition) is 5. The number of hydrogen-bond donors (Lipinski definition) is 1. The Morgan fingerprint density at radius 3 is 2.77 bits per heavy atom. The summed E-state index contributed by atoms with van der Waals surface area (Å²) < 4.78 is 4.73. The molecule has 0 saturated carbocycles. The number of benzene rings is 1. The lowest BCUT2D eigenvalue weighted by Crippen LogP contribution is -2.40. The molecule has 1 atom stereocenters. The van der Waals surface area contributed by atoms with E-state index in [-0.39, 0.29) is 24.3 Å². The monoisotopic (exact) mass is 372 g/mol. The summed E-state index contributed by atoms with van der Waals surface area (Å²) in [4.78, 5) is 38.5. The lowest BCUT2D eigenvalue weighted by Gasteiger charge is -2.36. The number of anilines is 1. The van der Waals surface area contributed by atoms with E-state index in [0.717, 1.165) is 17.5 Å². The molecule has 2 amide bonds. The Morgan fingerprint density at radius 1 is 1.27 bits per heavy atom. The fourth-order valence-electron chi connectivity index (χ4n) is 3.28. The summed E-state index contributed by atoms with van der Waals surface area (Å²) in [6.07, 6.45) is 0.915. The highest BCUT2D eigenvalue weighted by molar-refractivity contribution is 7.12. The summed E-state index contributed by atoms with van der Waals surface area (Å²) in [5, 5.41) is 4.50. The molecule has 0 bridgehead atoms. The average molecular weight is 372 g/mol. The normalized spacial score (nSPS) is 15.9. The van der Waals surface area contributed by atoms with Crippen LogP contribution in [-0.2, 0) is 20.7 Å². The zero-order valence-corrected chi connectivity index (χ0v) is 15.5. The number of methoxy groups -OCH3 is 1. The maximum absolute atomic E-state index is 12.6. The van der Waals surface area contributed by atoms with E-state index in [9.17, 15) is 14.4 Å². The number of fused-ring (bicyclic) bond motifs is 1. The van der Waals surface area contributed by atoms with Gasteiger partial charge in [-0.1, -0.05) is 24.3 Å². The highest BCUT2D eigenvalue weighted by atomic mass is 32.1. The Bertz CT molecular complexity index is 846. The maximum Gasteiger partial charge on any atom is 0.350 e. The van der Waals surface area contributed by atoms with Gasteiger partial charge in [0.1, 0.15) is 4.88 Å². The molecule has 0 aliphatic carbocycles. The fraction of sp³-hybridized carbons (Fsp3) is 0.316. The van der Waals surface area contributed by atoms with Crippen LogP contribution in [0.2, 0.25) is 0 Å². The van der Waals surface area contributed by atoms with Gasteiger partial charge in [0.2, 0.25) is 11.8 Å². The first-order valence-electron chi connectivity index (χ1n) is 8.32. The summed E-state index contributed by atoms with van der Waals surface area (Å²) in [6.45, 7) is 2.11. The largest absolute Gasteiger partial charge is 0.465 e. The van der Waals surface area contributed by atoms with E-state index in [4.69, 9.17) is 4.74 Å². The molecule has 2 aromatic rings. The number of nitrogens with zero attached hydrogens (tertiary/aromatic N) is 1. The van der Waals surface area contributed by atoms with Crippen molar-refractivity contribution in [3.63, 3.8) is 0 Å². The Morgan fingerprint density at radius 2 is 2.04 bits per heavy atom. The van der Waals surface area contributed by atoms with Crippen molar-refractivity contribution in [1.29, 1.82) is 0 Å². The minimum absolute atomic E-state index is 0.0527. The number of nitrogens with one attached hydrogen (secondary N) is 1. The molecule has 0 spiro atoms. The second-order valence-corrected chi connectivity index (χ2v) is 7.00. The number of amides is 2. The van der Waals surface area contributed by atoms with Gasteiger partial charge in [-0.05, 0) is 29.0 Å². The third-order valence-electron chi connectivity index (χ3n) is 4.51. The molecule has 1 N–H and O–H groups in total. The van der Waals surface area contributed by atoms with Crippen LogP contribution in [0.4, 0.5) is 5.69 Å². The Hall–Kier alpha value is -2.67. The van der Waals surface area contributed by atoms with E-state index in [1.807, 2.05) is 24.3 Å². The summed E-state index contributed by atoms with van der Waals surface area (Å²) in [5.41, 5.74) is 2.60. The molecule has 1 aromatic heterocycles. The molecular weight excluding hydrogens is 352 g/mol. The Labute approximate surface area is 155 Å². The van der Waals surface area contributed by atoms with Crippen LogP contribution in [0.1, 0.15) is 40.2 Å². The van der Waals surface area contributed by atoms with Crippen LogP contribution >= 0.6 is 11.3 Å². The molecule has 2 heterocycles. The van der Waals surface area contributed by atoms with Crippen molar-refractivity contribution in [2.75, 3.05) is 19.0 Å². The van der Waals surface area contributed by atoms with Gasteiger partial charge in [-0.15, -0.1) is 11.3 Å². The topological polar surface area (TPSA) is 75.7 Å². The van der Waals surface area contributed by atoms with Crippen molar-refractivity contribution in [3.8, 4) is 0 Å². The van der Waals surface area contributed by atoms with Crippen molar-refractivity contribution in [3.05, 3.63) is 51.7 Å². The Balaban J connectivity index is 1.80. The highest BCUT2D eigenvalue weighted by Gasteiger charge is 2.31. The van der Waals surface area contributed by atoms with Crippen molar-refractivity contribution in [2.24, 2.45) is 0 Å². The zero-order valence-electron chi connectivity index (χ0n) is 14.7. The third-order valence-corrected chi connectivity index (χ3v) is 5.40. The second kappa shape index (κ2) is 7.70. The second-order valence-electron chi connectivity index (χ2n) is 6.08. The van der Waals surface area contributed by atoms with E-state index in [1.165, 1.54) is 25.4 Å². The third kappa shape index (κ3) is 3.62. The van der Waals surface area contributed by atoms with Crippen molar-refractivity contribution in [1.82, 2.24) is 4.90 Å². The zero-order chi connectivity index (χ0) is 18.7. The molecule has 6 nitrogen and oxygen atoms in total. The fourth-order valence-corrected chi connectivity index (χ4v) is 4.05. The van der Waals surface area contributed by atoms with Crippen LogP contribution in [0.15, 0.2) is 35.7 Å². The quantitative estimate of drug-likeness (QED) is 0.837. The number of esters is 1. The van der Waals surface area contributed by atoms with Gasteiger partial charge in [0.25, 0.3) is 0 Å². The van der Waals surface area contributed by atoms with Gasteiger partial charge in [-0.2, -0.15) is 0 Å². The SMILES string of the molecule is COC(=O)c1sccc1NC(=O)CC1c2ccccc2CCN1C(C)=O. The summed E-state index contributed by atoms with van der Waals surface area (Å²) in [7, 11) is 1.30. The van der Waals surface area contributed by atoms with Crippen LogP contribution in [0.3, 0.4) is 0 Å². The van der Waals surface area contributed by atoms with Crippen LogP contribution in [0.25, 0.3) is 0 Å². The van der Waals surface area contributed by atoms with Gasteiger partial charge < -0.3 is 15.0 Å². The Kier molecular flexibility index (Phi) is 5.37. The van der Waals surface area contributed by atoms with E-state index >= 15 is 0 Å². The molecule has 1 aromatic carbocycles. The van der Waals surface area contributed by atoms with Gasteiger partial charge in [0, 0.05) is 13.5 Å². The van der Waals surface area contributed by atoms with E-state index in [1.54, 1.807) is 16.3 Å². The van der Waals surface area contributed by atoms with E-state index in [2.05, 4.69) is 5.32 Å². The molecule has 26 heavy (non-hydrogen) atoms. The smallest absolute Gasteiger partial charge is 0.350 e. The molecular formula is C19H20N2O4S. The predicted octanol–water partition coefficient (Wildman–Crippen LogP) is 3.01. The first-order chi connectivity index (χ1) is 12.5. The molecule has 0 fully saturated rings. The molecule has 1 aliphatic heterocycles. The van der Waals surface area contributed by atoms with Crippen LogP contribution < -0.4 is 5.32 Å². The number of rotatable bonds is 4. The van der Waals surface area contributed by atoms with Gasteiger partial charge in [0.05, 0.1) is 25.3 Å². The van der Waals surface area contributed by atoms with Crippen molar-refractivity contribution in [2.45, 2.75) is 25.8 Å². The predicted molar refractivity (Wildman–Crippen MR) is 99.2 cm³/mol. The first kappa shape index (κ1) is 18.1. The van der Waals surface area contributed by atoms with Gasteiger partial charge in [-0.25, -0.2) is 4.79 Å².